The maximum atomic E-state index is 5.56. The van der Waals surface area contributed by atoms with Gasteiger partial charge in [-0.2, -0.15) is 0 Å². The number of benzene rings is 2. The van der Waals surface area contributed by atoms with Gasteiger partial charge >= 0.3 is 0 Å². The molecule has 0 amide bonds. The van der Waals surface area contributed by atoms with Crippen LogP contribution in [0.15, 0.2) is 47.6 Å². The summed E-state index contributed by atoms with van der Waals surface area (Å²) in [6.07, 6.45) is 8.27. The molecule has 1 aromatic heterocycles. The number of H-pyrrole nitrogens is 1. The minimum absolute atomic E-state index is 0.198. The Morgan fingerprint density at radius 2 is 2.03 bits per heavy atom. The molecule has 0 aliphatic carbocycles. The Bertz CT molecular complexity index is 1060. The van der Waals surface area contributed by atoms with E-state index >= 15 is 0 Å². The second kappa shape index (κ2) is 10.3. The van der Waals surface area contributed by atoms with Crippen molar-refractivity contribution in [1.29, 1.82) is 0 Å². The van der Waals surface area contributed by atoms with Gasteiger partial charge in [-0.3, -0.25) is 4.99 Å². The smallest absolute Gasteiger partial charge is 0.191 e. The molecule has 6 heteroatoms. The normalized spacial score (nSPS) is 11.2. The lowest BCUT2D eigenvalue weighted by molar-refractivity contribution is 0.330. The number of nitrogens with zero attached hydrogens (tertiary/aromatic N) is 1. The summed E-state index contributed by atoms with van der Waals surface area (Å²) in [6.45, 7) is 3.68. The number of fused-ring (bicyclic) bond motifs is 1. The van der Waals surface area contributed by atoms with Crippen molar-refractivity contribution in [3.05, 3.63) is 59.3 Å². The number of aromatic amines is 1. The van der Waals surface area contributed by atoms with Crippen LogP contribution in [0.1, 0.15) is 16.7 Å². The molecule has 0 fully saturated rings. The highest BCUT2D eigenvalue weighted by Gasteiger charge is 2.07. The van der Waals surface area contributed by atoms with Crippen molar-refractivity contribution >= 4 is 16.9 Å². The van der Waals surface area contributed by atoms with Gasteiger partial charge in [-0.1, -0.05) is 24.1 Å². The number of hydrogen-bond donors (Lipinski definition) is 3. The van der Waals surface area contributed by atoms with Crippen molar-refractivity contribution < 1.29 is 9.47 Å². The molecule has 1 heterocycles. The third-order valence-corrected chi connectivity index (χ3v) is 4.83. The Morgan fingerprint density at radius 3 is 2.80 bits per heavy atom. The monoisotopic (exact) mass is 404 g/mol. The number of hydrogen-bond acceptors (Lipinski definition) is 3. The molecule has 0 aliphatic rings. The summed E-state index contributed by atoms with van der Waals surface area (Å²) < 4.78 is 10.9. The number of guanidine groups is 1. The summed E-state index contributed by atoms with van der Waals surface area (Å²) in [4.78, 5) is 7.65. The van der Waals surface area contributed by atoms with E-state index in [-0.39, 0.29) is 6.61 Å². The van der Waals surface area contributed by atoms with Crippen LogP contribution in [0.2, 0.25) is 0 Å². The van der Waals surface area contributed by atoms with Crippen molar-refractivity contribution in [3.63, 3.8) is 0 Å². The highest BCUT2D eigenvalue weighted by molar-refractivity contribution is 5.84. The molecule has 156 valence electrons. The first-order valence-corrected chi connectivity index (χ1v) is 9.89. The van der Waals surface area contributed by atoms with Crippen LogP contribution in [-0.4, -0.2) is 38.3 Å². The van der Waals surface area contributed by atoms with Gasteiger partial charge in [-0.25, -0.2) is 0 Å². The largest absolute Gasteiger partial charge is 0.493 e. The summed E-state index contributed by atoms with van der Waals surface area (Å²) in [7, 11) is 3.37. The van der Waals surface area contributed by atoms with Gasteiger partial charge in [0.05, 0.1) is 7.11 Å². The van der Waals surface area contributed by atoms with E-state index in [1.807, 2.05) is 18.2 Å². The molecule has 3 rings (SSSR count). The van der Waals surface area contributed by atoms with Gasteiger partial charge in [0, 0.05) is 37.2 Å². The Kier molecular flexibility index (Phi) is 7.23. The van der Waals surface area contributed by atoms with E-state index in [1.165, 1.54) is 22.0 Å². The zero-order chi connectivity index (χ0) is 21.3. The molecule has 0 spiro atoms. The van der Waals surface area contributed by atoms with E-state index in [0.29, 0.717) is 18.0 Å². The van der Waals surface area contributed by atoms with Crippen LogP contribution in [0, 0.1) is 19.3 Å². The lowest BCUT2D eigenvalue weighted by atomic mass is 10.1. The van der Waals surface area contributed by atoms with E-state index in [2.05, 4.69) is 57.9 Å². The summed E-state index contributed by atoms with van der Waals surface area (Å²) in [5, 5.41) is 7.96. The molecule has 0 bridgehead atoms. The molecule has 3 aromatic rings. The number of ether oxygens (including phenoxy) is 2. The Morgan fingerprint density at radius 1 is 1.17 bits per heavy atom. The predicted octanol–water partition coefficient (Wildman–Crippen LogP) is 3.40. The topological polar surface area (TPSA) is 70.7 Å². The minimum Gasteiger partial charge on any atom is -0.493 e. The number of rotatable bonds is 8. The highest BCUT2D eigenvalue weighted by atomic mass is 16.5. The quantitative estimate of drug-likeness (QED) is 0.306. The number of aliphatic imine (C=N–C) groups is 1. The van der Waals surface area contributed by atoms with Crippen molar-refractivity contribution in [2.45, 2.75) is 19.9 Å². The fraction of sp³-hybridized carbons (Fsp3) is 0.292. The second-order valence-corrected chi connectivity index (χ2v) is 6.94. The summed E-state index contributed by atoms with van der Waals surface area (Å²) >= 11 is 0. The van der Waals surface area contributed by atoms with E-state index < -0.39 is 0 Å². The Hall–Kier alpha value is -3.59. The molecule has 0 radical (unpaired) electrons. The van der Waals surface area contributed by atoms with Crippen molar-refractivity contribution in [3.8, 4) is 23.8 Å². The molecule has 0 atom stereocenters. The van der Waals surface area contributed by atoms with Crippen molar-refractivity contribution in [2.75, 3.05) is 27.3 Å². The van der Waals surface area contributed by atoms with Crippen LogP contribution in [0.3, 0.4) is 0 Å². The van der Waals surface area contributed by atoms with Gasteiger partial charge in [-0.05, 0) is 48.2 Å². The van der Waals surface area contributed by atoms with Crippen molar-refractivity contribution in [2.24, 2.45) is 4.99 Å². The van der Waals surface area contributed by atoms with Crippen LogP contribution in [0.5, 0.6) is 11.5 Å². The van der Waals surface area contributed by atoms with Crippen LogP contribution in [0.25, 0.3) is 10.9 Å². The van der Waals surface area contributed by atoms with E-state index in [4.69, 9.17) is 15.9 Å². The Balaban J connectivity index is 1.54. The maximum Gasteiger partial charge on any atom is 0.191 e. The van der Waals surface area contributed by atoms with Crippen LogP contribution in [-0.2, 0) is 13.0 Å². The molecule has 0 saturated carbocycles. The lowest BCUT2D eigenvalue weighted by Gasteiger charge is -2.14. The Labute approximate surface area is 177 Å². The summed E-state index contributed by atoms with van der Waals surface area (Å²) in [5.74, 6) is 4.50. The number of aryl methyl sites for hydroxylation is 1. The molecular formula is C24H28N4O2. The number of terminal acetylenes is 1. The van der Waals surface area contributed by atoms with Crippen molar-refractivity contribution in [1.82, 2.24) is 15.6 Å². The standard InChI is InChI=1S/C24H28N4O2/c1-5-12-30-23-14-18(7-9-22(23)29-4)15-28-24(25-3)26-11-10-19-16-27-21-13-17(2)6-8-20(19)21/h1,6-9,13-14,16,27H,10-12,15H2,2-4H3,(H2,25,26,28). The third-order valence-electron chi connectivity index (χ3n) is 4.83. The minimum atomic E-state index is 0.198. The molecule has 30 heavy (non-hydrogen) atoms. The first-order valence-electron chi connectivity index (χ1n) is 9.89. The van der Waals surface area contributed by atoms with Crippen LogP contribution in [0.4, 0.5) is 0 Å². The molecular weight excluding hydrogens is 376 g/mol. The number of methoxy groups -OCH3 is 1. The maximum absolute atomic E-state index is 5.56. The molecule has 0 saturated heterocycles. The van der Waals surface area contributed by atoms with Gasteiger partial charge in [-0.15, -0.1) is 6.42 Å². The fourth-order valence-corrected chi connectivity index (χ4v) is 3.29. The fourth-order valence-electron chi connectivity index (χ4n) is 3.29. The summed E-state index contributed by atoms with van der Waals surface area (Å²) in [5.41, 5.74) is 4.76. The van der Waals surface area contributed by atoms with E-state index in [9.17, 15) is 0 Å². The zero-order valence-corrected chi connectivity index (χ0v) is 17.7. The average molecular weight is 405 g/mol. The van der Waals surface area contributed by atoms with Gasteiger partial charge in [0.1, 0.15) is 6.61 Å². The van der Waals surface area contributed by atoms with Crippen LogP contribution < -0.4 is 20.1 Å². The first-order chi connectivity index (χ1) is 14.6. The number of aromatic nitrogens is 1. The highest BCUT2D eigenvalue weighted by Crippen LogP contribution is 2.28. The molecule has 6 nitrogen and oxygen atoms in total. The van der Waals surface area contributed by atoms with Gasteiger partial charge in [0.25, 0.3) is 0 Å². The lowest BCUT2D eigenvalue weighted by Crippen LogP contribution is -2.37. The molecule has 3 N–H and O–H groups in total. The van der Waals surface area contributed by atoms with E-state index in [0.717, 1.165) is 24.5 Å². The molecule has 2 aromatic carbocycles. The zero-order valence-electron chi connectivity index (χ0n) is 17.7. The van der Waals surface area contributed by atoms with E-state index in [1.54, 1.807) is 14.2 Å². The molecule has 0 aliphatic heterocycles. The first kappa shape index (κ1) is 21.1. The predicted molar refractivity (Wildman–Crippen MR) is 122 cm³/mol. The third kappa shape index (κ3) is 5.26. The van der Waals surface area contributed by atoms with Gasteiger partial charge in [0.2, 0.25) is 0 Å². The van der Waals surface area contributed by atoms with Gasteiger partial charge < -0.3 is 25.1 Å². The SMILES string of the molecule is C#CCOc1cc(CNC(=NC)NCCc2c[nH]c3cc(C)ccc23)ccc1OC. The molecule has 0 unspecified atom stereocenters. The van der Waals surface area contributed by atoms with Crippen LogP contribution >= 0.6 is 0 Å². The second-order valence-electron chi connectivity index (χ2n) is 6.94. The summed E-state index contributed by atoms with van der Waals surface area (Å²) in [6, 6.07) is 12.3. The average Bonchev–Trinajstić information content (AvgIpc) is 3.16. The number of nitrogens with one attached hydrogen (secondary N) is 3. The van der Waals surface area contributed by atoms with Gasteiger partial charge in [0.15, 0.2) is 17.5 Å².